The van der Waals surface area contributed by atoms with Crippen LogP contribution in [-0.4, -0.2) is 37.0 Å². The fourth-order valence-electron chi connectivity index (χ4n) is 3.07. The molecule has 0 saturated carbocycles. The average molecular weight is 385 g/mol. The smallest absolute Gasteiger partial charge is 0.313 e. The highest BCUT2D eigenvalue weighted by Crippen LogP contribution is 2.19. The number of ether oxygens (including phenoxy) is 1. The summed E-state index contributed by atoms with van der Waals surface area (Å²) in [4.78, 5) is 26.2. The van der Waals surface area contributed by atoms with Crippen LogP contribution in [0.25, 0.3) is 0 Å². The number of hydrogen-bond acceptors (Lipinski definition) is 4. The lowest BCUT2D eigenvalue weighted by Gasteiger charge is -2.16. The number of nitrogens with zero attached hydrogens (tertiary/aromatic N) is 1. The van der Waals surface area contributed by atoms with Crippen LogP contribution >= 0.6 is 0 Å². The van der Waals surface area contributed by atoms with Gasteiger partial charge in [0.25, 0.3) is 0 Å². The second-order valence-corrected chi connectivity index (χ2v) is 7.75. The largest absolute Gasteiger partial charge is 0.465 e. The summed E-state index contributed by atoms with van der Waals surface area (Å²) >= 11 is 0. The van der Waals surface area contributed by atoms with Gasteiger partial charge in [0.05, 0.1) is 12.5 Å². The molecule has 28 heavy (non-hydrogen) atoms. The molecule has 5 heteroatoms. The van der Waals surface area contributed by atoms with E-state index in [1.165, 1.54) is 5.56 Å². The summed E-state index contributed by atoms with van der Waals surface area (Å²) in [5.74, 6) is 0.0139. The van der Waals surface area contributed by atoms with E-state index in [-0.39, 0.29) is 17.8 Å². The highest BCUT2D eigenvalue weighted by atomic mass is 16.5. The second kappa shape index (κ2) is 10.7. The van der Waals surface area contributed by atoms with E-state index in [9.17, 15) is 9.59 Å². The number of esters is 1. The van der Waals surface area contributed by atoms with Crippen molar-refractivity contribution in [1.82, 2.24) is 10.2 Å². The Morgan fingerprint density at radius 3 is 2.54 bits per heavy atom. The first-order valence-corrected chi connectivity index (χ1v) is 9.99. The van der Waals surface area contributed by atoms with Crippen LogP contribution in [0.5, 0.6) is 0 Å². The van der Waals surface area contributed by atoms with Gasteiger partial charge in [0.15, 0.2) is 0 Å². The third-order valence-electron chi connectivity index (χ3n) is 4.66. The van der Waals surface area contributed by atoms with E-state index < -0.39 is 0 Å². The van der Waals surface area contributed by atoms with Gasteiger partial charge in [0.1, 0.15) is 0 Å². The SMILES string of the molecule is CC(C)Cc1ccc(C(C)C(=O)OCCCNC(=O)C2=CN(C)C=CC2)cc1. The number of benzene rings is 1. The molecule has 2 rings (SSSR count). The summed E-state index contributed by atoms with van der Waals surface area (Å²) in [6, 6.07) is 8.18. The van der Waals surface area contributed by atoms with Crippen LogP contribution in [0.15, 0.2) is 48.3 Å². The zero-order valence-electron chi connectivity index (χ0n) is 17.4. The Bertz CT molecular complexity index is 720. The van der Waals surface area contributed by atoms with Crippen LogP contribution in [-0.2, 0) is 20.7 Å². The number of nitrogens with one attached hydrogen (secondary N) is 1. The van der Waals surface area contributed by atoms with Gasteiger partial charge < -0.3 is 15.0 Å². The van der Waals surface area contributed by atoms with Crippen LogP contribution in [0, 0.1) is 5.92 Å². The molecule has 0 fully saturated rings. The lowest BCUT2D eigenvalue weighted by Crippen LogP contribution is -2.28. The van der Waals surface area contributed by atoms with Gasteiger partial charge >= 0.3 is 5.97 Å². The van der Waals surface area contributed by atoms with E-state index in [1.54, 1.807) is 0 Å². The van der Waals surface area contributed by atoms with Gasteiger partial charge in [-0.2, -0.15) is 0 Å². The molecule has 0 aliphatic carbocycles. The number of carbonyl (C=O) groups is 2. The first-order valence-electron chi connectivity index (χ1n) is 9.99. The Morgan fingerprint density at radius 1 is 1.18 bits per heavy atom. The van der Waals surface area contributed by atoms with Crippen molar-refractivity contribution < 1.29 is 14.3 Å². The van der Waals surface area contributed by atoms with Crippen molar-refractivity contribution in [3.05, 3.63) is 59.4 Å². The van der Waals surface area contributed by atoms with Gasteiger partial charge in [-0.05, 0) is 49.4 Å². The van der Waals surface area contributed by atoms with Gasteiger partial charge in [-0.3, -0.25) is 9.59 Å². The van der Waals surface area contributed by atoms with Crippen molar-refractivity contribution in [1.29, 1.82) is 0 Å². The number of carbonyl (C=O) groups excluding carboxylic acids is 2. The summed E-state index contributed by atoms with van der Waals surface area (Å²) in [7, 11) is 1.89. The Morgan fingerprint density at radius 2 is 1.89 bits per heavy atom. The number of hydrogen-bond donors (Lipinski definition) is 1. The van der Waals surface area contributed by atoms with Crippen LogP contribution < -0.4 is 5.32 Å². The molecule has 152 valence electrons. The van der Waals surface area contributed by atoms with Crippen LogP contribution in [0.4, 0.5) is 0 Å². The highest BCUT2D eigenvalue weighted by molar-refractivity contribution is 5.93. The van der Waals surface area contributed by atoms with Gasteiger partial charge in [0, 0.05) is 25.4 Å². The molecule has 0 radical (unpaired) electrons. The molecule has 1 atom stereocenters. The second-order valence-electron chi connectivity index (χ2n) is 7.75. The Labute approximate surface area is 168 Å². The first kappa shape index (κ1) is 21.7. The molecule has 1 aliphatic heterocycles. The van der Waals surface area contributed by atoms with Crippen molar-refractivity contribution in [3.63, 3.8) is 0 Å². The summed E-state index contributed by atoms with van der Waals surface area (Å²) in [6.45, 7) is 7.03. The van der Waals surface area contributed by atoms with E-state index >= 15 is 0 Å². The molecule has 1 N–H and O–H groups in total. The number of allylic oxidation sites excluding steroid dienone is 1. The zero-order valence-corrected chi connectivity index (χ0v) is 17.4. The quantitative estimate of drug-likeness (QED) is 0.520. The van der Waals surface area contributed by atoms with Crippen LogP contribution in [0.3, 0.4) is 0 Å². The fraction of sp³-hybridized carbons (Fsp3) is 0.478. The third kappa shape index (κ3) is 6.87. The van der Waals surface area contributed by atoms with Crippen molar-refractivity contribution in [2.45, 2.75) is 46.0 Å². The van der Waals surface area contributed by atoms with E-state index in [2.05, 4.69) is 31.3 Å². The maximum atomic E-state index is 12.3. The lowest BCUT2D eigenvalue weighted by molar-refractivity contribution is -0.145. The van der Waals surface area contributed by atoms with Gasteiger partial charge in [-0.25, -0.2) is 0 Å². The number of amides is 1. The van der Waals surface area contributed by atoms with E-state index in [4.69, 9.17) is 4.74 Å². The maximum Gasteiger partial charge on any atom is 0.313 e. The number of rotatable bonds is 9. The summed E-state index contributed by atoms with van der Waals surface area (Å²) in [5, 5.41) is 2.87. The monoisotopic (exact) mass is 384 g/mol. The summed E-state index contributed by atoms with van der Waals surface area (Å²) in [5.41, 5.74) is 2.98. The van der Waals surface area contributed by atoms with E-state index in [1.807, 2.05) is 49.5 Å². The first-order chi connectivity index (χ1) is 13.4. The summed E-state index contributed by atoms with van der Waals surface area (Å²) < 4.78 is 5.37. The molecule has 1 aromatic carbocycles. The van der Waals surface area contributed by atoms with E-state index in [0.717, 1.165) is 17.6 Å². The molecule has 0 aromatic heterocycles. The molecule has 1 amide bonds. The van der Waals surface area contributed by atoms with Gasteiger partial charge in [0.2, 0.25) is 5.91 Å². The molecule has 1 heterocycles. The standard InChI is InChI=1S/C23H32N2O3/c1-17(2)15-19-8-10-20(11-9-19)18(3)23(27)28-14-6-12-24-22(26)21-7-5-13-25(4)16-21/h5,8-11,13,16-18H,6-7,12,14-15H2,1-4H3,(H,24,26). The maximum absolute atomic E-state index is 12.3. The third-order valence-corrected chi connectivity index (χ3v) is 4.66. The molecule has 0 saturated heterocycles. The molecule has 1 aromatic rings. The zero-order chi connectivity index (χ0) is 20.5. The Hall–Kier alpha value is -2.56. The minimum atomic E-state index is -0.294. The van der Waals surface area contributed by atoms with Crippen molar-refractivity contribution >= 4 is 11.9 Å². The highest BCUT2D eigenvalue weighted by Gasteiger charge is 2.17. The fourth-order valence-corrected chi connectivity index (χ4v) is 3.07. The Balaban J connectivity index is 1.68. The molecular weight excluding hydrogens is 352 g/mol. The van der Waals surface area contributed by atoms with Crippen molar-refractivity contribution in [2.75, 3.05) is 20.2 Å². The van der Waals surface area contributed by atoms with Gasteiger partial charge in [-0.1, -0.05) is 44.2 Å². The molecule has 1 aliphatic rings. The van der Waals surface area contributed by atoms with Crippen molar-refractivity contribution in [3.8, 4) is 0 Å². The molecule has 0 spiro atoms. The van der Waals surface area contributed by atoms with Crippen molar-refractivity contribution in [2.24, 2.45) is 5.92 Å². The normalized spacial score (nSPS) is 14.6. The average Bonchev–Trinajstić information content (AvgIpc) is 2.67. The molecule has 5 nitrogen and oxygen atoms in total. The van der Waals surface area contributed by atoms with E-state index in [0.29, 0.717) is 31.9 Å². The topological polar surface area (TPSA) is 58.6 Å². The minimum absolute atomic E-state index is 0.0719. The minimum Gasteiger partial charge on any atom is -0.465 e. The van der Waals surface area contributed by atoms with Gasteiger partial charge in [-0.15, -0.1) is 0 Å². The molecular formula is C23H32N2O3. The Kier molecular flexibility index (Phi) is 8.30. The summed E-state index contributed by atoms with van der Waals surface area (Å²) in [6.07, 6.45) is 7.97. The predicted molar refractivity (Wildman–Crippen MR) is 112 cm³/mol. The van der Waals surface area contributed by atoms with Crippen LogP contribution in [0.1, 0.15) is 50.7 Å². The molecule has 1 unspecified atom stereocenters. The lowest BCUT2D eigenvalue weighted by atomic mass is 9.97. The predicted octanol–water partition coefficient (Wildman–Crippen LogP) is 3.77. The van der Waals surface area contributed by atoms with Crippen LogP contribution in [0.2, 0.25) is 0 Å². The molecule has 0 bridgehead atoms.